The molecule has 29 heavy (non-hydrogen) atoms. The highest BCUT2D eigenvalue weighted by molar-refractivity contribution is 6.05. The van der Waals surface area contributed by atoms with E-state index < -0.39 is 11.7 Å². The summed E-state index contributed by atoms with van der Waals surface area (Å²) in [6.45, 7) is 0. The van der Waals surface area contributed by atoms with Gasteiger partial charge in [0.25, 0.3) is 5.91 Å². The van der Waals surface area contributed by atoms with E-state index in [1.807, 2.05) is 12.1 Å². The standard InChI is InChI=1S/C22H13FN4O2/c23-17-10-16(11-18(28)20(17)14-5-3-13(12-24)4-6-14)22(29)27-19-8-7-15-2-1-9-25-21(15)26-19/h1-11,28H,(H,25,26,27,29). The number of benzene rings is 2. The second-order valence-electron chi connectivity index (χ2n) is 6.24. The lowest BCUT2D eigenvalue weighted by atomic mass is 10.0. The van der Waals surface area contributed by atoms with Crippen LogP contribution in [-0.2, 0) is 0 Å². The van der Waals surface area contributed by atoms with Gasteiger partial charge in [0.2, 0.25) is 0 Å². The summed E-state index contributed by atoms with van der Waals surface area (Å²) in [5.41, 5.74) is 1.19. The molecule has 0 saturated heterocycles. The minimum absolute atomic E-state index is 0.0425. The number of anilines is 1. The fraction of sp³-hybridized carbons (Fsp3) is 0. The number of rotatable bonds is 3. The Labute approximate surface area is 164 Å². The largest absolute Gasteiger partial charge is 0.507 e. The topological polar surface area (TPSA) is 98.9 Å². The molecule has 2 aromatic carbocycles. The van der Waals surface area contributed by atoms with E-state index in [4.69, 9.17) is 5.26 Å². The number of amides is 1. The first-order valence-electron chi connectivity index (χ1n) is 8.61. The molecule has 0 atom stereocenters. The predicted molar refractivity (Wildman–Crippen MR) is 106 cm³/mol. The average Bonchev–Trinajstić information content (AvgIpc) is 2.73. The number of aromatic hydroxyl groups is 1. The highest BCUT2D eigenvalue weighted by atomic mass is 19.1. The Morgan fingerprint density at radius 3 is 2.62 bits per heavy atom. The molecule has 6 nitrogen and oxygen atoms in total. The molecular formula is C22H13FN4O2. The van der Waals surface area contributed by atoms with Crippen LogP contribution in [0.15, 0.2) is 66.9 Å². The van der Waals surface area contributed by atoms with Crippen LogP contribution in [0.3, 0.4) is 0 Å². The third kappa shape index (κ3) is 3.59. The minimum atomic E-state index is -0.756. The van der Waals surface area contributed by atoms with Gasteiger partial charge in [-0.2, -0.15) is 5.26 Å². The first kappa shape index (κ1) is 18.1. The van der Waals surface area contributed by atoms with Gasteiger partial charge < -0.3 is 10.4 Å². The summed E-state index contributed by atoms with van der Waals surface area (Å²) in [5.74, 6) is -1.49. The maximum atomic E-state index is 14.7. The molecule has 4 aromatic rings. The molecule has 0 bridgehead atoms. The van der Waals surface area contributed by atoms with Crippen molar-refractivity contribution in [3.05, 3.63) is 83.8 Å². The van der Waals surface area contributed by atoms with Crippen LogP contribution >= 0.6 is 0 Å². The molecule has 0 saturated carbocycles. The van der Waals surface area contributed by atoms with E-state index in [2.05, 4.69) is 15.3 Å². The predicted octanol–water partition coefficient (Wildman–Crippen LogP) is 4.27. The van der Waals surface area contributed by atoms with Crippen LogP contribution in [0.25, 0.3) is 22.2 Å². The molecule has 0 aliphatic carbocycles. The fourth-order valence-corrected chi connectivity index (χ4v) is 2.93. The van der Waals surface area contributed by atoms with E-state index in [1.165, 1.54) is 30.3 Å². The molecule has 2 N–H and O–H groups in total. The van der Waals surface area contributed by atoms with E-state index >= 15 is 0 Å². The van der Waals surface area contributed by atoms with Crippen molar-refractivity contribution in [2.75, 3.05) is 5.32 Å². The van der Waals surface area contributed by atoms with Crippen molar-refractivity contribution in [1.29, 1.82) is 5.26 Å². The summed E-state index contributed by atoms with van der Waals surface area (Å²) in [7, 11) is 0. The Balaban J connectivity index is 1.62. The van der Waals surface area contributed by atoms with Gasteiger partial charge in [-0.25, -0.2) is 14.4 Å². The molecule has 0 radical (unpaired) electrons. The van der Waals surface area contributed by atoms with Crippen molar-refractivity contribution in [3.63, 3.8) is 0 Å². The Morgan fingerprint density at radius 1 is 1.10 bits per heavy atom. The Kier molecular flexibility index (Phi) is 4.59. The highest BCUT2D eigenvalue weighted by Gasteiger charge is 2.17. The zero-order valence-corrected chi connectivity index (χ0v) is 14.9. The van der Waals surface area contributed by atoms with Gasteiger partial charge in [0.05, 0.1) is 17.2 Å². The van der Waals surface area contributed by atoms with Crippen LogP contribution in [0.5, 0.6) is 5.75 Å². The molecule has 0 aliphatic rings. The van der Waals surface area contributed by atoms with Gasteiger partial charge in [0, 0.05) is 17.1 Å². The quantitative estimate of drug-likeness (QED) is 0.550. The number of carbonyl (C=O) groups is 1. The first-order chi connectivity index (χ1) is 14.0. The molecular weight excluding hydrogens is 371 g/mol. The number of halogens is 1. The van der Waals surface area contributed by atoms with Crippen LogP contribution in [0.2, 0.25) is 0 Å². The van der Waals surface area contributed by atoms with Crippen LogP contribution in [-0.4, -0.2) is 21.0 Å². The van der Waals surface area contributed by atoms with Gasteiger partial charge in [-0.15, -0.1) is 0 Å². The third-order valence-corrected chi connectivity index (χ3v) is 4.34. The molecule has 2 aromatic heterocycles. The van der Waals surface area contributed by atoms with Crippen molar-refractivity contribution < 1.29 is 14.3 Å². The summed E-state index contributed by atoms with van der Waals surface area (Å²) in [6.07, 6.45) is 1.59. The molecule has 1 amide bonds. The summed E-state index contributed by atoms with van der Waals surface area (Å²) in [4.78, 5) is 20.9. The lowest BCUT2D eigenvalue weighted by molar-refractivity contribution is 0.102. The Bertz CT molecular complexity index is 1260. The number of phenolic OH excluding ortho intramolecular Hbond substituents is 1. The number of nitriles is 1. The number of hydrogen-bond acceptors (Lipinski definition) is 5. The minimum Gasteiger partial charge on any atom is -0.507 e. The summed E-state index contributed by atoms with van der Waals surface area (Å²) in [6, 6.07) is 17.3. The summed E-state index contributed by atoms with van der Waals surface area (Å²) in [5, 5.41) is 22.6. The van der Waals surface area contributed by atoms with Crippen LogP contribution in [0, 0.1) is 17.1 Å². The normalized spacial score (nSPS) is 10.5. The van der Waals surface area contributed by atoms with Crippen LogP contribution < -0.4 is 5.32 Å². The lowest BCUT2D eigenvalue weighted by Gasteiger charge is -2.10. The van der Waals surface area contributed by atoms with Gasteiger partial charge in [-0.05, 0) is 54.1 Å². The van der Waals surface area contributed by atoms with Gasteiger partial charge in [0.1, 0.15) is 17.4 Å². The van der Waals surface area contributed by atoms with Gasteiger partial charge >= 0.3 is 0 Å². The number of pyridine rings is 2. The first-order valence-corrected chi connectivity index (χ1v) is 8.61. The maximum absolute atomic E-state index is 14.7. The van der Waals surface area contributed by atoms with E-state index in [0.29, 0.717) is 16.8 Å². The van der Waals surface area contributed by atoms with E-state index in [9.17, 15) is 14.3 Å². The van der Waals surface area contributed by atoms with Crippen molar-refractivity contribution >= 4 is 22.8 Å². The van der Waals surface area contributed by atoms with Crippen LogP contribution in [0.4, 0.5) is 10.2 Å². The molecule has 140 valence electrons. The maximum Gasteiger partial charge on any atom is 0.257 e. The average molecular weight is 384 g/mol. The highest BCUT2D eigenvalue weighted by Crippen LogP contribution is 2.33. The number of carbonyl (C=O) groups excluding carboxylic acids is 1. The molecule has 4 rings (SSSR count). The smallest absolute Gasteiger partial charge is 0.257 e. The van der Waals surface area contributed by atoms with E-state index in [0.717, 1.165) is 11.5 Å². The third-order valence-electron chi connectivity index (χ3n) is 4.34. The zero-order chi connectivity index (χ0) is 20.4. The fourth-order valence-electron chi connectivity index (χ4n) is 2.93. The SMILES string of the molecule is N#Cc1ccc(-c2c(O)cc(C(=O)Nc3ccc4cccnc4n3)cc2F)cc1. The number of hydrogen-bond donors (Lipinski definition) is 2. The Morgan fingerprint density at radius 2 is 1.90 bits per heavy atom. The van der Waals surface area contributed by atoms with Crippen LogP contribution in [0.1, 0.15) is 15.9 Å². The van der Waals surface area contributed by atoms with E-state index in [-0.39, 0.29) is 22.7 Å². The van der Waals surface area contributed by atoms with E-state index in [1.54, 1.807) is 24.4 Å². The number of fused-ring (bicyclic) bond motifs is 1. The molecule has 0 unspecified atom stereocenters. The molecule has 0 aliphatic heterocycles. The van der Waals surface area contributed by atoms with Crippen molar-refractivity contribution in [2.24, 2.45) is 0 Å². The molecule has 2 heterocycles. The van der Waals surface area contributed by atoms with Gasteiger partial charge in [-0.3, -0.25) is 4.79 Å². The molecule has 0 fully saturated rings. The summed E-state index contributed by atoms with van der Waals surface area (Å²) >= 11 is 0. The van der Waals surface area contributed by atoms with Crippen molar-refractivity contribution in [1.82, 2.24) is 9.97 Å². The van der Waals surface area contributed by atoms with Crippen molar-refractivity contribution in [2.45, 2.75) is 0 Å². The van der Waals surface area contributed by atoms with Crippen molar-refractivity contribution in [3.8, 4) is 22.9 Å². The van der Waals surface area contributed by atoms with Gasteiger partial charge in [-0.1, -0.05) is 12.1 Å². The number of aromatic nitrogens is 2. The Hall–Kier alpha value is -4.31. The zero-order valence-electron chi connectivity index (χ0n) is 14.9. The second kappa shape index (κ2) is 7.37. The number of nitrogens with zero attached hydrogens (tertiary/aromatic N) is 3. The summed E-state index contributed by atoms with van der Waals surface area (Å²) < 4.78 is 14.7. The number of phenols is 1. The lowest BCUT2D eigenvalue weighted by Crippen LogP contribution is -2.13. The van der Waals surface area contributed by atoms with Gasteiger partial charge in [0.15, 0.2) is 5.65 Å². The number of nitrogens with one attached hydrogen (secondary N) is 1. The second-order valence-corrected chi connectivity index (χ2v) is 6.24. The molecule has 7 heteroatoms. The monoisotopic (exact) mass is 384 g/mol. The molecule has 0 spiro atoms.